The summed E-state index contributed by atoms with van der Waals surface area (Å²) in [7, 11) is -0.533. The Labute approximate surface area is 180 Å². The largest absolute Gasteiger partial charge is 0.484 e. The highest BCUT2D eigenvalue weighted by Crippen LogP contribution is 2.28. The topological polar surface area (TPSA) is 91.5 Å². The number of aromatic amines is 1. The highest BCUT2D eigenvalue weighted by molar-refractivity contribution is 7.99. The second kappa shape index (κ2) is 9.55. The third kappa shape index (κ3) is 5.35. The van der Waals surface area contributed by atoms with Crippen LogP contribution in [0.25, 0.3) is 10.9 Å². The Balaban J connectivity index is 1.42. The third-order valence-corrected chi connectivity index (χ3v) is 7.34. The minimum atomic E-state index is -3.48. The number of amides is 1. The van der Waals surface area contributed by atoms with Gasteiger partial charge in [0.25, 0.3) is 5.91 Å². The fourth-order valence-corrected chi connectivity index (χ4v) is 4.59. The van der Waals surface area contributed by atoms with Crippen molar-refractivity contribution in [3.8, 4) is 5.75 Å². The van der Waals surface area contributed by atoms with E-state index in [1.165, 1.54) is 37.2 Å². The number of hydrogen-bond donors (Lipinski definition) is 2. The molecule has 1 heterocycles. The lowest BCUT2D eigenvalue weighted by molar-refractivity contribution is -0.122. The zero-order valence-corrected chi connectivity index (χ0v) is 18.8. The van der Waals surface area contributed by atoms with Crippen molar-refractivity contribution >= 4 is 38.6 Å². The van der Waals surface area contributed by atoms with E-state index in [4.69, 9.17) is 4.74 Å². The molecule has 0 radical (unpaired) electrons. The summed E-state index contributed by atoms with van der Waals surface area (Å²) in [5, 5.41) is 4.02. The number of sulfonamides is 1. The van der Waals surface area contributed by atoms with Crippen LogP contribution in [0.2, 0.25) is 0 Å². The van der Waals surface area contributed by atoms with Crippen LogP contribution >= 0.6 is 11.8 Å². The molecule has 9 heteroatoms. The van der Waals surface area contributed by atoms with Crippen molar-refractivity contribution in [3.05, 3.63) is 54.2 Å². The van der Waals surface area contributed by atoms with Crippen molar-refractivity contribution in [1.29, 1.82) is 0 Å². The Hall–Kier alpha value is -2.49. The molecule has 0 spiro atoms. The first-order chi connectivity index (χ1) is 14.3. The molecule has 2 aromatic carbocycles. The normalized spacial score (nSPS) is 11.7. The maximum absolute atomic E-state index is 12.0. The van der Waals surface area contributed by atoms with Gasteiger partial charge < -0.3 is 15.0 Å². The molecule has 0 aliphatic heterocycles. The van der Waals surface area contributed by atoms with Gasteiger partial charge in [0.1, 0.15) is 5.75 Å². The molecule has 1 aromatic heterocycles. The molecule has 3 rings (SSSR count). The van der Waals surface area contributed by atoms with Crippen LogP contribution in [0.1, 0.15) is 5.56 Å². The zero-order chi connectivity index (χ0) is 21.7. The molecular formula is C21H25N3O4S2. The van der Waals surface area contributed by atoms with Gasteiger partial charge in [-0.1, -0.05) is 11.6 Å². The van der Waals surface area contributed by atoms with E-state index in [9.17, 15) is 13.2 Å². The smallest absolute Gasteiger partial charge is 0.257 e. The van der Waals surface area contributed by atoms with E-state index < -0.39 is 10.0 Å². The minimum absolute atomic E-state index is 0.128. The molecule has 0 unspecified atom stereocenters. The summed E-state index contributed by atoms with van der Waals surface area (Å²) in [5.74, 6) is 0.950. The van der Waals surface area contributed by atoms with Gasteiger partial charge in [0.05, 0.1) is 4.90 Å². The number of hydrogen-bond acceptors (Lipinski definition) is 5. The monoisotopic (exact) mass is 447 g/mol. The van der Waals surface area contributed by atoms with E-state index in [1.54, 1.807) is 23.9 Å². The summed E-state index contributed by atoms with van der Waals surface area (Å²) in [6.45, 7) is 2.46. The summed E-state index contributed by atoms with van der Waals surface area (Å²) in [4.78, 5) is 16.6. The van der Waals surface area contributed by atoms with Crippen LogP contribution in [0.3, 0.4) is 0 Å². The van der Waals surface area contributed by atoms with Crippen molar-refractivity contribution in [1.82, 2.24) is 14.6 Å². The first-order valence-electron chi connectivity index (χ1n) is 9.40. The van der Waals surface area contributed by atoms with E-state index in [2.05, 4.69) is 35.4 Å². The van der Waals surface area contributed by atoms with E-state index in [-0.39, 0.29) is 17.4 Å². The number of H-pyrrole nitrogens is 1. The molecule has 0 fully saturated rings. The quantitative estimate of drug-likeness (QED) is 0.389. The van der Waals surface area contributed by atoms with Gasteiger partial charge in [-0.2, -0.15) is 0 Å². The molecule has 3 aromatic rings. The zero-order valence-electron chi connectivity index (χ0n) is 17.1. The molecule has 7 nitrogen and oxygen atoms in total. The number of nitrogens with one attached hydrogen (secondary N) is 2. The van der Waals surface area contributed by atoms with Gasteiger partial charge in [-0.05, 0) is 43.3 Å². The maximum Gasteiger partial charge on any atom is 0.257 e. The van der Waals surface area contributed by atoms with E-state index in [0.29, 0.717) is 12.3 Å². The third-order valence-electron chi connectivity index (χ3n) is 4.45. The Morgan fingerprint density at radius 1 is 1.17 bits per heavy atom. The van der Waals surface area contributed by atoms with Gasteiger partial charge in [-0.15, -0.1) is 11.8 Å². The Morgan fingerprint density at radius 2 is 1.90 bits per heavy atom. The first-order valence-corrected chi connectivity index (χ1v) is 11.8. The van der Waals surface area contributed by atoms with Crippen LogP contribution in [-0.2, 0) is 14.8 Å². The van der Waals surface area contributed by atoms with E-state index in [0.717, 1.165) is 20.5 Å². The average molecular weight is 448 g/mol. The number of benzene rings is 2. The van der Waals surface area contributed by atoms with E-state index in [1.807, 2.05) is 6.20 Å². The summed E-state index contributed by atoms with van der Waals surface area (Å²) in [6.07, 6.45) is 1.99. The maximum atomic E-state index is 12.0. The number of aryl methyl sites for hydroxylation is 1. The molecule has 0 aliphatic rings. The summed E-state index contributed by atoms with van der Waals surface area (Å²) in [5.41, 5.74) is 2.31. The van der Waals surface area contributed by atoms with Crippen LogP contribution in [0.5, 0.6) is 5.75 Å². The number of thioether (sulfide) groups is 1. The molecule has 0 aliphatic carbocycles. The Bertz CT molecular complexity index is 1120. The number of aromatic nitrogens is 1. The number of nitrogens with zero attached hydrogens (tertiary/aromatic N) is 1. The SMILES string of the molecule is Cc1ccc2[nH]cc(SCCNC(=O)COc3ccc(S(=O)(=O)N(C)C)cc3)c2c1. The second-order valence-electron chi connectivity index (χ2n) is 6.95. The average Bonchev–Trinajstić information content (AvgIpc) is 3.12. The number of carbonyl (C=O) groups is 1. The fourth-order valence-electron chi connectivity index (χ4n) is 2.80. The number of rotatable bonds is 9. The predicted molar refractivity (Wildman–Crippen MR) is 120 cm³/mol. The van der Waals surface area contributed by atoms with Gasteiger partial charge in [0.15, 0.2) is 6.61 Å². The Morgan fingerprint density at radius 3 is 2.60 bits per heavy atom. The van der Waals surface area contributed by atoms with Gasteiger partial charge in [0, 0.05) is 48.4 Å². The highest BCUT2D eigenvalue weighted by atomic mass is 32.2. The number of fused-ring (bicyclic) bond motifs is 1. The molecule has 0 saturated carbocycles. The standard InChI is InChI=1S/C21H25N3O4S2/c1-15-4-9-19-18(12-15)20(13-23-19)29-11-10-22-21(25)14-28-16-5-7-17(8-6-16)30(26,27)24(2)3/h4-9,12-13,23H,10-11,14H2,1-3H3,(H,22,25). The molecular weight excluding hydrogens is 422 g/mol. The van der Waals surface area contributed by atoms with Gasteiger partial charge in [-0.3, -0.25) is 4.79 Å². The van der Waals surface area contributed by atoms with Crippen molar-refractivity contribution in [2.75, 3.05) is 33.0 Å². The van der Waals surface area contributed by atoms with E-state index >= 15 is 0 Å². The molecule has 0 bridgehead atoms. The van der Waals surface area contributed by atoms with Crippen molar-refractivity contribution in [2.24, 2.45) is 0 Å². The fraction of sp³-hybridized carbons (Fsp3) is 0.286. The van der Waals surface area contributed by atoms with Crippen LogP contribution < -0.4 is 10.1 Å². The number of carbonyl (C=O) groups excluding carboxylic acids is 1. The first kappa shape index (κ1) is 22.2. The molecule has 2 N–H and O–H groups in total. The van der Waals surface area contributed by atoms with Gasteiger partial charge >= 0.3 is 0 Å². The number of ether oxygens (including phenoxy) is 1. The summed E-state index contributed by atoms with van der Waals surface area (Å²) >= 11 is 1.68. The molecule has 0 atom stereocenters. The minimum Gasteiger partial charge on any atom is -0.484 e. The van der Waals surface area contributed by atoms with Gasteiger partial charge in [0.2, 0.25) is 10.0 Å². The van der Waals surface area contributed by atoms with Crippen LogP contribution in [0.15, 0.2) is 58.5 Å². The molecule has 30 heavy (non-hydrogen) atoms. The predicted octanol–water partition coefficient (Wildman–Crippen LogP) is 3.01. The van der Waals surface area contributed by atoms with Gasteiger partial charge in [-0.25, -0.2) is 12.7 Å². The van der Waals surface area contributed by atoms with Crippen molar-refractivity contribution in [3.63, 3.8) is 0 Å². The van der Waals surface area contributed by atoms with Crippen molar-refractivity contribution < 1.29 is 17.9 Å². The lowest BCUT2D eigenvalue weighted by Crippen LogP contribution is -2.30. The molecule has 0 saturated heterocycles. The lowest BCUT2D eigenvalue weighted by Gasteiger charge is -2.12. The van der Waals surface area contributed by atoms with Crippen LogP contribution in [-0.4, -0.2) is 56.6 Å². The molecule has 160 valence electrons. The Kier molecular flexibility index (Phi) is 7.06. The summed E-state index contributed by atoms with van der Waals surface area (Å²) < 4.78 is 30.7. The summed E-state index contributed by atoms with van der Waals surface area (Å²) in [6, 6.07) is 12.3. The van der Waals surface area contributed by atoms with Crippen LogP contribution in [0, 0.1) is 6.92 Å². The van der Waals surface area contributed by atoms with Crippen molar-refractivity contribution in [2.45, 2.75) is 16.7 Å². The lowest BCUT2D eigenvalue weighted by atomic mass is 10.2. The van der Waals surface area contributed by atoms with Crippen LogP contribution in [0.4, 0.5) is 0 Å². The molecule has 1 amide bonds. The second-order valence-corrected chi connectivity index (χ2v) is 10.2. The highest BCUT2D eigenvalue weighted by Gasteiger charge is 2.16.